The number of hydrogen-bond donors (Lipinski definition) is 2. The summed E-state index contributed by atoms with van der Waals surface area (Å²) in [6.45, 7) is 3.13. The van der Waals surface area contributed by atoms with Crippen LogP contribution in [0.4, 0.5) is 11.8 Å². The van der Waals surface area contributed by atoms with Crippen LogP contribution in [-0.4, -0.2) is 95.6 Å². The van der Waals surface area contributed by atoms with Gasteiger partial charge in [0.15, 0.2) is 17.0 Å². The maximum Gasteiger partial charge on any atom is 0.323 e. The van der Waals surface area contributed by atoms with Crippen molar-refractivity contribution in [2.45, 2.75) is 13.1 Å². The molecular formula is C26H28N10O3. The van der Waals surface area contributed by atoms with Crippen LogP contribution in [0.1, 0.15) is 5.56 Å². The van der Waals surface area contributed by atoms with Gasteiger partial charge in [-0.15, -0.1) is 0 Å². The Hall–Kier alpha value is -4.78. The molecule has 0 aliphatic carbocycles. The van der Waals surface area contributed by atoms with Crippen molar-refractivity contribution in [2.75, 3.05) is 50.1 Å². The fourth-order valence-electron chi connectivity index (χ4n) is 4.93. The fourth-order valence-corrected chi connectivity index (χ4v) is 4.93. The molecule has 1 aromatic carbocycles. The van der Waals surface area contributed by atoms with Gasteiger partial charge in [0, 0.05) is 38.1 Å². The maximum atomic E-state index is 11.6. The zero-order valence-corrected chi connectivity index (χ0v) is 21.6. The Labute approximate surface area is 223 Å². The quantitative estimate of drug-likeness (QED) is 0.319. The molecule has 5 heterocycles. The number of pyridine rings is 1. The number of aromatic nitrogens is 7. The van der Waals surface area contributed by atoms with E-state index >= 15 is 0 Å². The standard InChI is InChI=1S/C26H28N10O3/c1-32(2)14-17-4-3-5-20-19(17)13-29-36(20)25-23-24(35(16-28-23)15-22(38)39)30-26(31-25)34-10-8-33(9-11-34)21-7-6-18(37)12-27-21/h3-7,12-13,16,37H,8-11,14-15H2,1-2H3,(H,38,39). The van der Waals surface area contributed by atoms with Gasteiger partial charge in [0.1, 0.15) is 18.1 Å². The van der Waals surface area contributed by atoms with E-state index in [0.29, 0.717) is 49.1 Å². The van der Waals surface area contributed by atoms with Crippen LogP contribution < -0.4 is 9.80 Å². The molecule has 1 aliphatic rings. The number of anilines is 2. The normalized spacial score (nSPS) is 14.1. The number of carboxylic acid groups (broad SMARTS) is 1. The number of fused-ring (bicyclic) bond motifs is 2. The van der Waals surface area contributed by atoms with Crippen molar-refractivity contribution in [3.63, 3.8) is 0 Å². The molecule has 13 heteroatoms. The third-order valence-electron chi connectivity index (χ3n) is 6.75. The molecule has 0 unspecified atom stereocenters. The van der Waals surface area contributed by atoms with Gasteiger partial charge in [0.25, 0.3) is 0 Å². The highest BCUT2D eigenvalue weighted by Crippen LogP contribution is 2.28. The average Bonchev–Trinajstić information content (AvgIpc) is 3.53. The van der Waals surface area contributed by atoms with Crippen LogP contribution in [0.25, 0.3) is 27.9 Å². The van der Waals surface area contributed by atoms with Crippen molar-refractivity contribution in [2.24, 2.45) is 0 Å². The number of aliphatic carboxylic acids is 1. The van der Waals surface area contributed by atoms with E-state index < -0.39 is 5.97 Å². The minimum absolute atomic E-state index is 0.129. The summed E-state index contributed by atoms with van der Waals surface area (Å²) >= 11 is 0. The first-order chi connectivity index (χ1) is 18.9. The van der Waals surface area contributed by atoms with E-state index in [2.05, 4.69) is 35.8 Å². The van der Waals surface area contributed by atoms with Gasteiger partial charge in [-0.25, -0.2) is 14.6 Å². The number of aromatic hydroxyl groups is 1. The zero-order chi connectivity index (χ0) is 27.1. The highest BCUT2D eigenvalue weighted by Gasteiger charge is 2.24. The van der Waals surface area contributed by atoms with Gasteiger partial charge < -0.3 is 29.5 Å². The molecular weight excluding hydrogens is 500 g/mol. The maximum absolute atomic E-state index is 11.6. The number of imidazole rings is 1. The van der Waals surface area contributed by atoms with E-state index in [1.807, 2.05) is 32.4 Å². The summed E-state index contributed by atoms with van der Waals surface area (Å²) in [5.74, 6) is 0.920. The molecule has 0 bridgehead atoms. The summed E-state index contributed by atoms with van der Waals surface area (Å²) < 4.78 is 3.28. The monoisotopic (exact) mass is 528 g/mol. The van der Waals surface area contributed by atoms with Gasteiger partial charge in [-0.05, 0) is 37.9 Å². The van der Waals surface area contributed by atoms with Crippen LogP contribution in [0.15, 0.2) is 49.1 Å². The molecule has 0 amide bonds. The Morgan fingerprint density at radius 3 is 2.51 bits per heavy atom. The first kappa shape index (κ1) is 24.6. The Balaban J connectivity index is 1.40. The average molecular weight is 529 g/mol. The SMILES string of the molecule is CN(C)Cc1cccc2c1cnn2-c1nc(N2CCN(c3ccc(O)cn3)CC2)nc2c1ncn2CC(=O)O. The fraction of sp³-hybridized carbons (Fsp3) is 0.308. The summed E-state index contributed by atoms with van der Waals surface area (Å²) in [6, 6.07) is 9.49. The number of carbonyl (C=O) groups is 1. The molecule has 200 valence electrons. The second kappa shape index (κ2) is 9.83. The van der Waals surface area contributed by atoms with E-state index in [0.717, 1.165) is 28.8 Å². The third kappa shape index (κ3) is 4.68. The van der Waals surface area contributed by atoms with Crippen molar-refractivity contribution >= 4 is 39.8 Å². The minimum Gasteiger partial charge on any atom is -0.506 e. The summed E-state index contributed by atoms with van der Waals surface area (Å²) in [5, 5.41) is 24.7. The predicted molar refractivity (Wildman–Crippen MR) is 145 cm³/mol. The molecule has 13 nitrogen and oxygen atoms in total. The van der Waals surface area contributed by atoms with E-state index in [1.165, 1.54) is 17.1 Å². The molecule has 0 atom stereocenters. The van der Waals surface area contributed by atoms with Crippen LogP contribution >= 0.6 is 0 Å². The molecule has 0 spiro atoms. The van der Waals surface area contributed by atoms with E-state index in [9.17, 15) is 15.0 Å². The topological polar surface area (TPSA) is 142 Å². The lowest BCUT2D eigenvalue weighted by Gasteiger charge is -2.35. The Kier molecular flexibility index (Phi) is 6.19. The number of rotatable bonds is 7. The molecule has 6 rings (SSSR count). The van der Waals surface area contributed by atoms with Gasteiger partial charge in [0.05, 0.1) is 24.2 Å². The Bertz CT molecular complexity index is 1650. The van der Waals surface area contributed by atoms with Crippen LogP contribution in [0.2, 0.25) is 0 Å². The Morgan fingerprint density at radius 2 is 1.79 bits per heavy atom. The highest BCUT2D eigenvalue weighted by molar-refractivity contribution is 5.88. The first-order valence-electron chi connectivity index (χ1n) is 12.6. The smallest absolute Gasteiger partial charge is 0.323 e. The molecule has 39 heavy (non-hydrogen) atoms. The lowest BCUT2D eigenvalue weighted by atomic mass is 10.1. The van der Waals surface area contributed by atoms with Crippen molar-refractivity contribution in [3.8, 4) is 11.6 Å². The second-order valence-electron chi connectivity index (χ2n) is 9.78. The number of nitrogens with zero attached hydrogens (tertiary/aromatic N) is 10. The van der Waals surface area contributed by atoms with Crippen LogP contribution in [0, 0.1) is 0 Å². The van der Waals surface area contributed by atoms with E-state index in [-0.39, 0.29) is 12.3 Å². The van der Waals surface area contributed by atoms with Crippen molar-refractivity contribution in [1.29, 1.82) is 0 Å². The lowest BCUT2D eigenvalue weighted by Crippen LogP contribution is -2.47. The third-order valence-corrected chi connectivity index (χ3v) is 6.75. The summed E-state index contributed by atoms with van der Waals surface area (Å²) in [7, 11) is 4.05. The highest BCUT2D eigenvalue weighted by atomic mass is 16.4. The summed E-state index contributed by atoms with van der Waals surface area (Å²) in [5.41, 5.74) is 2.95. The van der Waals surface area contributed by atoms with Crippen molar-refractivity contribution in [1.82, 2.24) is 39.2 Å². The Morgan fingerprint density at radius 1 is 1.00 bits per heavy atom. The minimum atomic E-state index is -0.983. The first-order valence-corrected chi connectivity index (χ1v) is 12.6. The number of carboxylic acids is 1. The van der Waals surface area contributed by atoms with Crippen LogP contribution in [0.3, 0.4) is 0 Å². The van der Waals surface area contributed by atoms with Gasteiger partial charge in [-0.1, -0.05) is 12.1 Å². The van der Waals surface area contributed by atoms with Crippen LogP contribution in [0.5, 0.6) is 5.75 Å². The van der Waals surface area contributed by atoms with Crippen LogP contribution in [-0.2, 0) is 17.9 Å². The number of benzene rings is 1. The molecule has 5 aromatic rings. The summed E-state index contributed by atoms with van der Waals surface area (Å²) in [4.78, 5) is 36.4. The second-order valence-corrected chi connectivity index (χ2v) is 9.78. The van der Waals surface area contributed by atoms with Crippen molar-refractivity contribution < 1.29 is 15.0 Å². The van der Waals surface area contributed by atoms with Gasteiger partial charge in [0.2, 0.25) is 5.95 Å². The predicted octanol–water partition coefficient (Wildman–Crippen LogP) is 1.74. The number of hydrogen-bond acceptors (Lipinski definition) is 10. The molecule has 0 saturated carbocycles. The molecule has 1 fully saturated rings. The van der Waals surface area contributed by atoms with E-state index in [4.69, 9.17) is 9.97 Å². The molecule has 0 radical (unpaired) electrons. The number of piperazine rings is 1. The lowest BCUT2D eigenvalue weighted by molar-refractivity contribution is -0.137. The van der Waals surface area contributed by atoms with Gasteiger partial charge >= 0.3 is 5.97 Å². The van der Waals surface area contributed by atoms with Gasteiger partial charge in [-0.3, -0.25) is 4.79 Å². The molecule has 4 aromatic heterocycles. The molecule has 1 saturated heterocycles. The zero-order valence-electron chi connectivity index (χ0n) is 21.6. The largest absolute Gasteiger partial charge is 0.506 e. The summed E-state index contributed by atoms with van der Waals surface area (Å²) in [6.07, 6.45) is 4.75. The molecule has 1 aliphatic heterocycles. The van der Waals surface area contributed by atoms with Crippen molar-refractivity contribution in [3.05, 3.63) is 54.6 Å². The van der Waals surface area contributed by atoms with Gasteiger partial charge in [-0.2, -0.15) is 15.1 Å². The van der Waals surface area contributed by atoms with E-state index in [1.54, 1.807) is 16.8 Å². The molecule has 2 N–H and O–H groups in total.